The van der Waals surface area contributed by atoms with Crippen LogP contribution in [0.4, 0.5) is 0 Å². The van der Waals surface area contributed by atoms with Crippen LogP contribution in [-0.2, 0) is 16.6 Å². The van der Waals surface area contributed by atoms with E-state index in [4.69, 9.17) is 10.5 Å². The summed E-state index contributed by atoms with van der Waals surface area (Å²) in [5, 5.41) is 0. The summed E-state index contributed by atoms with van der Waals surface area (Å²) in [7, 11) is 0. The van der Waals surface area contributed by atoms with Crippen molar-refractivity contribution in [2.75, 3.05) is 26.2 Å². The summed E-state index contributed by atoms with van der Waals surface area (Å²) in [5.41, 5.74) is 8.85. The van der Waals surface area contributed by atoms with Gasteiger partial charge in [0.2, 0.25) is 5.91 Å². The van der Waals surface area contributed by atoms with Gasteiger partial charge in [-0.3, -0.25) is 14.5 Å². The zero-order valence-corrected chi connectivity index (χ0v) is 18.6. The smallest absolute Gasteiger partial charge is 0.232 e. The Morgan fingerprint density at radius 1 is 0.970 bits per heavy atom. The molecule has 0 bridgehead atoms. The summed E-state index contributed by atoms with van der Waals surface area (Å²) in [6, 6.07) is 25.3. The quantitative estimate of drug-likeness (QED) is 0.570. The second-order valence-corrected chi connectivity index (χ2v) is 8.97. The van der Waals surface area contributed by atoms with Crippen molar-refractivity contribution in [1.29, 1.82) is 0 Å². The van der Waals surface area contributed by atoms with Crippen LogP contribution in [0.3, 0.4) is 0 Å². The lowest BCUT2D eigenvalue weighted by Gasteiger charge is -2.37. The van der Waals surface area contributed by atoms with Gasteiger partial charge in [0.15, 0.2) is 5.78 Å². The van der Waals surface area contributed by atoms with E-state index in [0.29, 0.717) is 19.7 Å². The zero-order valence-electron chi connectivity index (χ0n) is 18.6. The molecule has 3 aromatic rings. The van der Waals surface area contributed by atoms with Crippen LogP contribution < -0.4 is 10.5 Å². The molecule has 168 valence electrons. The molecule has 1 saturated heterocycles. The predicted molar refractivity (Wildman–Crippen MR) is 127 cm³/mol. The minimum absolute atomic E-state index is 0.0268. The number of carbonyl (C=O) groups is 2. The van der Waals surface area contributed by atoms with E-state index in [-0.39, 0.29) is 17.6 Å². The van der Waals surface area contributed by atoms with E-state index in [9.17, 15) is 9.59 Å². The van der Waals surface area contributed by atoms with Crippen molar-refractivity contribution in [1.82, 2.24) is 4.90 Å². The number of likely N-dealkylation sites (tertiary alicyclic amines) is 1. The lowest BCUT2D eigenvalue weighted by atomic mass is 9.64. The maximum atomic E-state index is 13.2. The SMILES string of the molecule is NC(=O)C(c1ccccc1)(c1ccccc1)C1CCN(CC(=O)c2ccc3c(c2)CCO3)C1. The first-order chi connectivity index (χ1) is 16.1. The Morgan fingerprint density at radius 3 is 2.27 bits per heavy atom. The van der Waals surface area contributed by atoms with Crippen molar-refractivity contribution >= 4 is 11.7 Å². The monoisotopic (exact) mass is 440 g/mol. The van der Waals surface area contributed by atoms with Gasteiger partial charge in [-0.1, -0.05) is 60.7 Å². The third-order valence-corrected chi connectivity index (χ3v) is 7.11. The van der Waals surface area contributed by atoms with E-state index in [1.165, 1.54) is 0 Å². The Labute approximate surface area is 194 Å². The number of nitrogens with zero attached hydrogens (tertiary/aromatic N) is 1. The average Bonchev–Trinajstić information content (AvgIpc) is 3.50. The Morgan fingerprint density at radius 2 is 1.64 bits per heavy atom. The Balaban J connectivity index is 1.41. The van der Waals surface area contributed by atoms with Crippen LogP contribution in [0.25, 0.3) is 0 Å². The fourth-order valence-electron chi connectivity index (χ4n) is 5.51. The van der Waals surface area contributed by atoms with Gasteiger partial charge >= 0.3 is 0 Å². The van der Waals surface area contributed by atoms with E-state index in [2.05, 4.69) is 4.90 Å². The molecule has 33 heavy (non-hydrogen) atoms. The zero-order chi connectivity index (χ0) is 22.8. The molecule has 1 fully saturated rings. The number of nitrogens with two attached hydrogens (primary N) is 1. The van der Waals surface area contributed by atoms with Gasteiger partial charge in [-0.2, -0.15) is 0 Å². The molecule has 0 aromatic heterocycles. The Hall–Kier alpha value is -3.44. The van der Waals surface area contributed by atoms with Crippen LogP contribution in [0, 0.1) is 5.92 Å². The Bertz CT molecular complexity index is 1120. The van der Waals surface area contributed by atoms with Crippen LogP contribution in [0.2, 0.25) is 0 Å². The van der Waals surface area contributed by atoms with Gasteiger partial charge in [-0.15, -0.1) is 0 Å². The van der Waals surface area contributed by atoms with Crippen LogP contribution in [-0.4, -0.2) is 42.8 Å². The molecule has 5 nitrogen and oxygen atoms in total. The molecule has 0 radical (unpaired) electrons. The first kappa shape index (κ1) is 21.4. The standard InChI is InChI=1S/C28H28N2O3/c29-27(32)28(22-7-3-1-4-8-22,23-9-5-2-6-10-23)24-13-15-30(18-24)19-25(31)20-11-12-26-21(17-20)14-16-33-26/h1-12,17,24H,13-16,18-19H2,(H2,29,32). The summed E-state index contributed by atoms with van der Waals surface area (Å²) in [5.74, 6) is 0.594. The van der Waals surface area contributed by atoms with E-state index >= 15 is 0 Å². The highest BCUT2D eigenvalue weighted by atomic mass is 16.5. The second kappa shape index (κ2) is 8.83. The number of amides is 1. The van der Waals surface area contributed by atoms with Crippen molar-refractivity contribution in [3.05, 3.63) is 101 Å². The number of hydrogen-bond acceptors (Lipinski definition) is 4. The molecule has 0 saturated carbocycles. The lowest BCUT2D eigenvalue weighted by Crippen LogP contribution is -2.49. The molecule has 2 heterocycles. The number of benzene rings is 3. The largest absolute Gasteiger partial charge is 0.493 e. The van der Waals surface area contributed by atoms with Gasteiger partial charge in [0, 0.05) is 18.5 Å². The summed E-state index contributed by atoms with van der Waals surface area (Å²) in [6.07, 6.45) is 1.63. The molecular weight excluding hydrogens is 412 g/mol. The first-order valence-corrected chi connectivity index (χ1v) is 11.5. The third kappa shape index (κ3) is 3.83. The molecule has 2 N–H and O–H groups in total. The van der Waals surface area contributed by atoms with Crippen LogP contribution in [0.15, 0.2) is 78.9 Å². The van der Waals surface area contributed by atoms with Crippen LogP contribution in [0.1, 0.15) is 33.5 Å². The molecule has 1 amide bonds. The van der Waals surface area contributed by atoms with Crippen LogP contribution >= 0.6 is 0 Å². The number of rotatable bonds is 7. The number of ether oxygens (including phenoxy) is 1. The second-order valence-electron chi connectivity index (χ2n) is 8.97. The predicted octanol–water partition coefficient (Wildman–Crippen LogP) is 3.60. The first-order valence-electron chi connectivity index (χ1n) is 11.5. The number of ketones is 1. The van der Waals surface area contributed by atoms with E-state index < -0.39 is 5.41 Å². The van der Waals surface area contributed by atoms with Gasteiger partial charge in [-0.25, -0.2) is 0 Å². The number of Topliss-reactive ketones (excluding diaryl/α,β-unsaturated/α-hetero) is 1. The van der Waals surface area contributed by atoms with Gasteiger partial charge in [-0.05, 0) is 53.8 Å². The maximum absolute atomic E-state index is 13.2. The van der Waals surface area contributed by atoms with Crippen molar-refractivity contribution in [2.24, 2.45) is 11.7 Å². The molecule has 5 heteroatoms. The summed E-state index contributed by atoms with van der Waals surface area (Å²) < 4.78 is 5.56. The normalized spacial score (nSPS) is 18.0. The van der Waals surface area contributed by atoms with Gasteiger partial charge in [0.05, 0.1) is 13.2 Å². The molecule has 1 atom stereocenters. The van der Waals surface area contributed by atoms with Crippen molar-refractivity contribution in [3.63, 3.8) is 0 Å². The molecule has 2 aliphatic rings. The van der Waals surface area contributed by atoms with Gasteiger partial charge < -0.3 is 10.5 Å². The van der Waals surface area contributed by atoms with Gasteiger partial charge in [0.1, 0.15) is 11.2 Å². The van der Waals surface area contributed by atoms with Gasteiger partial charge in [0.25, 0.3) is 0 Å². The fraction of sp³-hybridized carbons (Fsp3) is 0.286. The lowest BCUT2D eigenvalue weighted by molar-refractivity contribution is -0.123. The molecular formula is C28H28N2O3. The summed E-state index contributed by atoms with van der Waals surface area (Å²) in [4.78, 5) is 28.4. The van der Waals surface area contributed by atoms with Crippen molar-refractivity contribution in [2.45, 2.75) is 18.3 Å². The molecule has 0 aliphatic carbocycles. The fourth-order valence-corrected chi connectivity index (χ4v) is 5.51. The summed E-state index contributed by atoms with van der Waals surface area (Å²) >= 11 is 0. The molecule has 3 aromatic carbocycles. The number of fused-ring (bicyclic) bond motifs is 1. The molecule has 5 rings (SSSR count). The highest BCUT2D eigenvalue weighted by molar-refractivity contribution is 5.98. The number of primary amides is 1. The highest BCUT2D eigenvalue weighted by Gasteiger charge is 2.49. The maximum Gasteiger partial charge on any atom is 0.232 e. The Kier molecular flexibility index (Phi) is 5.73. The van der Waals surface area contributed by atoms with E-state index in [1.807, 2.05) is 78.9 Å². The van der Waals surface area contributed by atoms with Crippen molar-refractivity contribution < 1.29 is 14.3 Å². The number of carbonyl (C=O) groups excluding carboxylic acids is 2. The topological polar surface area (TPSA) is 72.6 Å². The molecule has 0 spiro atoms. The summed E-state index contributed by atoms with van der Waals surface area (Å²) in [6.45, 7) is 2.38. The van der Waals surface area contributed by atoms with E-state index in [1.54, 1.807) is 0 Å². The van der Waals surface area contributed by atoms with Crippen molar-refractivity contribution in [3.8, 4) is 5.75 Å². The third-order valence-electron chi connectivity index (χ3n) is 7.11. The minimum atomic E-state index is -0.939. The minimum Gasteiger partial charge on any atom is -0.493 e. The number of hydrogen-bond donors (Lipinski definition) is 1. The van der Waals surface area contributed by atoms with Crippen LogP contribution in [0.5, 0.6) is 5.75 Å². The van der Waals surface area contributed by atoms with E-state index in [0.717, 1.165) is 47.4 Å². The molecule has 1 unspecified atom stereocenters. The highest BCUT2D eigenvalue weighted by Crippen LogP contribution is 2.43. The average molecular weight is 441 g/mol. The molecule has 2 aliphatic heterocycles.